The summed E-state index contributed by atoms with van der Waals surface area (Å²) in [5.41, 5.74) is 6.92. The molecule has 0 saturated heterocycles. The molecular weight excluding hydrogens is 304 g/mol. The molecule has 2 rings (SSSR count). The quantitative estimate of drug-likeness (QED) is 0.786. The second-order valence-electron chi connectivity index (χ2n) is 5.80. The summed E-state index contributed by atoms with van der Waals surface area (Å²) < 4.78 is 27.2. The van der Waals surface area contributed by atoms with E-state index in [-0.39, 0.29) is 10.7 Å². The van der Waals surface area contributed by atoms with E-state index in [0.717, 1.165) is 6.42 Å². The number of hydrogen-bond donors (Lipinski definition) is 2. The molecule has 1 aromatic carbocycles. The standard InChI is InChI=1S/C15H22N2O2S2/c1-11-5-4-7-12(11)9-17-21(18,19)10-13-6-2-3-8-14(13)15(16)20/h2-3,6,8,11-12,17H,4-5,7,9-10H2,1H3,(H2,16,20). The monoisotopic (exact) mass is 326 g/mol. The number of benzene rings is 1. The van der Waals surface area contributed by atoms with Gasteiger partial charge < -0.3 is 5.73 Å². The average Bonchev–Trinajstić information content (AvgIpc) is 2.82. The van der Waals surface area contributed by atoms with Crippen LogP contribution in [0, 0.1) is 11.8 Å². The largest absolute Gasteiger partial charge is 0.389 e. The molecule has 116 valence electrons. The van der Waals surface area contributed by atoms with Crippen LogP contribution in [-0.4, -0.2) is 20.0 Å². The first-order valence-corrected chi connectivity index (χ1v) is 9.30. The lowest BCUT2D eigenvalue weighted by Crippen LogP contribution is -2.31. The molecule has 0 aromatic heterocycles. The molecule has 6 heteroatoms. The van der Waals surface area contributed by atoms with E-state index in [0.29, 0.717) is 29.5 Å². The van der Waals surface area contributed by atoms with Crippen LogP contribution in [0.25, 0.3) is 0 Å². The first kappa shape index (κ1) is 16.4. The van der Waals surface area contributed by atoms with Gasteiger partial charge in [-0.15, -0.1) is 0 Å². The number of hydrogen-bond acceptors (Lipinski definition) is 3. The van der Waals surface area contributed by atoms with Crippen molar-refractivity contribution in [2.24, 2.45) is 17.6 Å². The van der Waals surface area contributed by atoms with Crippen molar-refractivity contribution >= 4 is 27.2 Å². The molecule has 0 spiro atoms. The SMILES string of the molecule is CC1CCCC1CNS(=O)(=O)Cc1ccccc1C(N)=S. The fourth-order valence-electron chi connectivity index (χ4n) is 2.90. The molecule has 2 atom stereocenters. The number of sulfonamides is 1. The lowest BCUT2D eigenvalue weighted by molar-refractivity contribution is 0.414. The molecule has 1 saturated carbocycles. The third kappa shape index (κ3) is 4.49. The van der Waals surface area contributed by atoms with Crippen molar-refractivity contribution in [1.82, 2.24) is 4.72 Å². The molecule has 1 aliphatic carbocycles. The number of nitrogens with one attached hydrogen (secondary N) is 1. The minimum absolute atomic E-state index is 0.0817. The molecule has 0 aliphatic heterocycles. The number of nitrogens with two attached hydrogens (primary N) is 1. The fourth-order valence-corrected chi connectivity index (χ4v) is 4.33. The van der Waals surface area contributed by atoms with Gasteiger partial charge in [0.05, 0.1) is 5.75 Å². The van der Waals surface area contributed by atoms with E-state index >= 15 is 0 Å². The smallest absolute Gasteiger partial charge is 0.215 e. The molecular formula is C15H22N2O2S2. The van der Waals surface area contributed by atoms with Crippen LogP contribution in [0.5, 0.6) is 0 Å². The number of thiocarbonyl (C=S) groups is 1. The fraction of sp³-hybridized carbons (Fsp3) is 0.533. The van der Waals surface area contributed by atoms with Crippen LogP contribution in [-0.2, 0) is 15.8 Å². The van der Waals surface area contributed by atoms with Gasteiger partial charge in [-0.2, -0.15) is 0 Å². The predicted molar refractivity (Wildman–Crippen MR) is 89.5 cm³/mol. The highest BCUT2D eigenvalue weighted by atomic mass is 32.2. The normalized spacial score (nSPS) is 22.3. The Morgan fingerprint density at radius 2 is 2.10 bits per heavy atom. The van der Waals surface area contributed by atoms with Crippen molar-refractivity contribution in [3.63, 3.8) is 0 Å². The van der Waals surface area contributed by atoms with Crippen LogP contribution in [0.15, 0.2) is 24.3 Å². The van der Waals surface area contributed by atoms with Crippen LogP contribution in [0.4, 0.5) is 0 Å². The minimum atomic E-state index is -3.37. The first-order valence-electron chi connectivity index (χ1n) is 7.24. The molecule has 0 amide bonds. The summed E-state index contributed by atoms with van der Waals surface area (Å²) >= 11 is 4.97. The van der Waals surface area contributed by atoms with E-state index in [2.05, 4.69) is 11.6 Å². The molecule has 21 heavy (non-hydrogen) atoms. The topological polar surface area (TPSA) is 72.2 Å². The Labute approximate surface area is 132 Å². The van der Waals surface area contributed by atoms with Gasteiger partial charge in [0.1, 0.15) is 4.99 Å². The Hall–Kier alpha value is -0.980. The van der Waals surface area contributed by atoms with Crippen molar-refractivity contribution in [2.75, 3.05) is 6.54 Å². The zero-order valence-electron chi connectivity index (χ0n) is 12.2. The first-order chi connectivity index (χ1) is 9.89. The molecule has 1 fully saturated rings. The second kappa shape index (κ2) is 6.85. The Morgan fingerprint density at radius 3 is 2.71 bits per heavy atom. The summed E-state index contributed by atoms with van der Waals surface area (Å²) in [4.78, 5) is 0.227. The van der Waals surface area contributed by atoms with E-state index in [9.17, 15) is 8.42 Å². The summed E-state index contributed by atoms with van der Waals surface area (Å²) in [6, 6.07) is 7.11. The summed E-state index contributed by atoms with van der Waals surface area (Å²) in [5, 5.41) is 0. The van der Waals surface area contributed by atoms with Crippen LogP contribution in [0.3, 0.4) is 0 Å². The molecule has 3 N–H and O–H groups in total. The predicted octanol–water partition coefficient (Wildman–Crippen LogP) is 2.18. The summed E-state index contributed by atoms with van der Waals surface area (Å²) in [7, 11) is -3.37. The third-order valence-electron chi connectivity index (χ3n) is 4.23. The van der Waals surface area contributed by atoms with E-state index in [1.54, 1.807) is 24.3 Å². The van der Waals surface area contributed by atoms with Crippen LogP contribution in [0.2, 0.25) is 0 Å². The maximum Gasteiger partial charge on any atom is 0.215 e. The van der Waals surface area contributed by atoms with Crippen LogP contribution < -0.4 is 10.5 Å². The maximum atomic E-state index is 12.2. The van der Waals surface area contributed by atoms with Gasteiger partial charge in [-0.05, 0) is 23.8 Å². The van der Waals surface area contributed by atoms with Crippen LogP contribution in [0.1, 0.15) is 37.3 Å². The molecule has 4 nitrogen and oxygen atoms in total. The molecule has 0 radical (unpaired) electrons. The summed E-state index contributed by atoms with van der Waals surface area (Å²) in [6.45, 7) is 2.72. The van der Waals surface area contributed by atoms with Crippen molar-refractivity contribution in [1.29, 1.82) is 0 Å². The summed E-state index contributed by atoms with van der Waals surface area (Å²) in [6.07, 6.45) is 3.49. The second-order valence-corrected chi connectivity index (χ2v) is 8.04. The van der Waals surface area contributed by atoms with Gasteiger partial charge in [0.15, 0.2) is 0 Å². The maximum absolute atomic E-state index is 12.2. The van der Waals surface area contributed by atoms with Crippen molar-refractivity contribution in [3.8, 4) is 0 Å². The van der Waals surface area contributed by atoms with Crippen molar-refractivity contribution < 1.29 is 8.42 Å². The lowest BCUT2D eigenvalue weighted by Gasteiger charge is -2.16. The molecule has 0 bridgehead atoms. The van der Waals surface area contributed by atoms with Gasteiger partial charge in [-0.1, -0.05) is 56.2 Å². The van der Waals surface area contributed by atoms with Gasteiger partial charge >= 0.3 is 0 Å². The Balaban J connectivity index is 2.02. The van der Waals surface area contributed by atoms with Gasteiger partial charge in [0.2, 0.25) is 10.0 Å². The van der Waals surface area contributed by atoms with Gasteiger partial charge in [0.25, 0.3) is 0 Å². The Kier molecular flexibility index (Phi) is 5.35. The van der Waals surface area contributed by atoms with Gasteiger partial charge in [-0.25, -0.2) is 13.1 Å². The zero-order chi connectivity index (χ0) is 15.5. The Morgan fingerprint density at radius 1 is 1.38 bits per heavy atom. The summed E-state index contributed by atoms with van der Waals surface area (Å²) in [5.74, 6) is 0.962. The molecule has 2 unspecified atom stereocenters. The third-order valence-corrected chi connectivity index (χ3v) is 5.75. The van der Waals surface area contributed by atoms with E-state index in [1.165, 1.54) is 12.8 Å². The Bertz CT molecular complexity index is 614. The van der Waals surface area contributed by atoms with Crippen molar-refractivity contribution in [2.45, 2.75) is 31.9 Å². The number of rotatable bonds is 6. The molecule has 1 aromatic rings. The van der Waals surface area contributed by atoms with Crippen LogP contribution >= 0.6 is 12.2 Å². The highest BCUT2D eigenvalue weighted by Gasteiger charge is 2.25. The highest BCUT2D eigenvalue weighted by Crippen LogP contribution is 2.30. The minimum Gasteiger partial charge on any atom is -0.389 e. The highest BCUT2D eigenvalue weighted by molar-refractivity contribution is 7.88. The lowest BCUT2D eigenvalue weighted by atomic mass is 9.99. The van der Waals surface area contributed by atoms with Gasteiger partial charge in [0, 0.05) is 12.1 Å². The van der Waals surface area contributed by atoms with E-state index in [4.69, 9.17) is 18.0 Å². The average molecular weight is 326 g/mol. The molecule has 1 aliphatic rings. The molecule has 0 heterocycles. The van der Waals surface area contributed by atoms with E-state index < -0.39 is 10.0 Å². The zero-order valence-corrected chi connectivity index (χ0v) is 13.8. The van der Waals surface area contributed by atoms with Crippen molar-refractivity contribution in [3.05, 3.63) is 35.4 Å². The van der Waals surface area contributed by atoms with Gasteiger partial charge in [-0.3, -0.25) is 0 Å². The van der Waals surface area contributed by atoms with E-state index in [1.807, 2.05) is 0 Å².